The maximum atomic E-state index is 12.3. The monoisotopic (exact) mass is 382 g/mol. The molecule has 0 fully saturated rings. The second-order valence-electron chi connectivity index (χ2n) is 4.30. The number of carbonyl (C=O) groups excluding carboxylic acids is 1. The molecule has 0 spiro atoms. The van der Waals surface area contributed by atoms with Gasteiger partial charge in [0, 0.05) is 0 Å². The van der Waals surface area contributed by atoms with Crippen molar-refractivity contribution in [3.63, 3.8) is 0 Å². The molecule has 0 heterocycles. The van der Waals surface area contributed by atoms with E-state index in [-0.39, 0.29) is 27.9 Å². The number of carboxylic acid groups (broad SMARTS) is 1. The van der Waals surface area contributed by atoms with Gasteiger partial charge in [-0.15, -0.1) is 0 Å². The van der Waals surface area contributed by atoms with Gasteiger partial charge in [-0.2, -0.15) is 0 Å². The zero-order valence-electron chi connectivity index (χ0n) is 12.3. The molecule has 0 atom stereocenters. The number of carboxylic acids is 1. The minimum Gasteiger partial charge on any atom is -0.412 e. The first kappa shape index (κ1) is 23.1. The average molecular weight is 381 g/mol. The molecule has 3 radical (unpaired) electrons. The normalized spacial score (nSPS) is 8.78. The molecule has 0 aromatic heterocycles. The number of benzene rings is 2. The standard InChI is InChI=1S/C15H12GeNO3.3H2O/c1-17(13-7-5-12(16)6-8-13)14(18)10-3-2-4-11(9-10)15(19)20;;;/h2-9H,1H3,(H,19,20);3*1H2. The van der Waals surface area contributed by atoms with Crippen molar-refractivity contribution >= 4 is 38.5 Å². The van der Waals surface area contributed by atoms with Gasteiger partial charge in [0.15, 0.2) is 0 Å². The summed E-state index contributed by atoms with van der Waals surface area (Å²) in [6, 6.07) is 13.6. The zero-order valence-corrected chi connectivity index (χ0v) is 14.4. The van der Waals surface area contributed by atoms with Crippen molar-refractivity contribution in [2.45, 2.75) is 0 Å². The third-order valence-corrected chi connectivity index (χ3v) is 3.62. The first-order valence-electron chi connectivity index (χ1n) is 5.92. The molecule has 8 heteroatoms. The van der Waals surface area contributed by atoms with Crippen LogP contribution in [0.25, 0.3) is 0 Å². The minimum atomic E-state index is -1.04. The van der Waals surface area contributed by atoms with E-state index in [1.165, 1.54) is 17.0 Å². The quantitative estimate of drug-likeness (QED) is 0.678. The molecule has 0 aliphatic carbocycles. The minimum absolute atomic E-state index is 0. The molecule has 0 bridgehead atoms. The fourth-order valence-corrected chi connectivity index (χ4v) is 2.13. The van der Waals surface area contributed by atoms with Crippen molar-refractivity contribution in [2.24, 2.45) is 0 Å². The number of hydrogen-bond donors (Lipinski definition) is 1. The van der Waals surface area contributed by atoms with E-state index in [0.717, 1.165) is 10.1 Å². The number of aromatic carboxylic acids is 1. The molecule has 23 heavy (non-hydrogen) atoms. The van der Waals surface area contributed by atoms with Crippen LogP contribution < -0.4 is 9.30 Å². The number of carbonyl (C=O) groups is 2. The van der Waals surface area contributed by atoms with E-state index in [9.17, 15) is 9.59 Å². The van der Waals surface area contributed by atoms with Crippen molar-refractivity contribution in [1.29, 1.82) is 0 Å². The van der Waals surface area contributed by atoms with E-state index in [0.29, 0.717) is 5.56 Å². The maximum Gasteiger partial charge on any atom is -0.412 e. The van der Waals surface area contributed by atoms with E-state index in [4.69, 9.17) is 5.11 Å². The first-order chi connectivity index (χ1) is 9.49. The molecule has 2 rings (SSSR count). The van der Waals surface area contributed by atoms with Gasteiger partial charge in [0.05, 0.1) is 0 Å². The summed E-state index contributed by atoms with van der Waals surface area (Å²) < 4.78 is 1.11. The summed E-state index contributed by atoms with van der Waals surface area (Å²) in [6.45, 7) is 0. The first-order valence-corrected chi connectivity index (χ1v) is 6.97. The summed E-state index contributed by atoms with van der Waals surface area (Å²) in [5, 5.41) is 8.95. The van der Waals surface area contributed by atoms with Crippen LogP contribution in [0.2, 0.25) is 0 Å². The number of anilines is 1. The van der Waals surface area contributed by atoms with Crippen molar-refractivity contribution < 1.29 is 31.1 Å². The average Bonchev–Trinajstić information content (AvgIpc) is 2.46. The molecule has 0 saturated heterocycles. The van der Waals surface area contributed by atoms with Crippen molar-refractivity contribution in [1.82, 2.24) is 0 Å². The SMILES string of the molecule is CN(C(=O)c1cccc(C(=O)O)c1)c1cc[c]([Ge])cc1.O.O.O. The Kier molecular flexibility index (Phi) is 9.78. The Morgan fingerprint density at radius 2 is 1.48 bits per heavy atom. The summed E-state index contributed by atoms with van der Waals surface area (Å²) in [5.74, 6) is -1.28. The van der Waals surface area contributed by atoms with E-state index in [1.807, 2.05) is 40.8 Å². The smallest absolute Gasteiger partial charge is 0.412 e. The van der Waals surface area contributed by atoms with E-state index < -0.39 is 5.97 Å². The van der Waals surface area contributed by atoms with Gasteiger partial charge in [0.25, 0.3) is 0 Å². The molecule has 0 unspecified atom stereocenters. The zero-order chi connectivity index (χ0) is 14.7. The number of nitrogens with zero attached hydrogens (tertiary/aromatic N) is 1. The van der Waals surface area contributed by atoms with Gasteiger partial charge in [0.1, 0.15) is 0 Å². The fourth-order valence-electron chi connectivity index (χ4n) is 1.78. The van der Waals surface area contributed by atoms with Gasteiger partial charge in [-0.05, 0) is 0 Å². The van der Waals surface area contributed by atoms with Crippen molar-refractivity contribution in [2.75, 3.05) is 11.9 Å². The molecule has 123 valence electrons. The van der Waals surface area contributed by atoms with Crippen LogP contribution in [0.5, 0.6) is 0 Å². The van der Waals surface area contributed by atoms with Crippen LogP contribution in [0, 0.1) is 0 Å². The largest absolute Gasteiger partial charge is 0.412 e. The van der Waals surface area contributed by atoms with Crippen molar-refractivity contribution in [3.05, 3.63) is 59.7 Å². The third-order valence-electron chi connectivity index (χ3n) is 2.92. The van der Waals surface area contributed by atoms with E-state index in [2.05, 4.69) is 0 Å². The Morgan fingerprint density at radius 3 is 2.00 bits per heavy atom. The predicted octanol–water partition coefficient (Wildman–Crippen LogP) is -1.02. The molecule has 1 amide bonds. The van der Waals surface area contributed by atoms with Gasteiger partial charge in [-0.25, -0.2) is 0 Å². The fraction of sp³-hybridized carbons (Fsp3) is 0.0667. The van der Waals surface area contributed by atoms with E-state index >= 15 is 0 Å². The van der Waals surface area contributed by atoms with Gasteiger partial charge < -0.3 is 16.4 Å². The Bertz CT molecular complexity index is 659. The van der Waals surface area contributed by atoms with Crippen LogP contribution in [0.4, 0.5) is 5.69 Å². The summed E-state index contributed by atoms with van der Waals surface area (Å²) in [4.78, 5) is 24.8. The molecular weight excluding hydrogens is 363 g/mol. The Labute approximate surface area is 141 Å². The topological polar surface area (TPSA) is 152 Å². The molecule has 0 saturated carbocycles. The molecule has 2 aromatic rings. The number of amides is 1. The van der Waals surface area contributed by atoms with Crippen LogP contribution in [0.15, 0.2) is 48.5 Å². The molecule has 7 nitrogen and oxygen atoms in total. The van der Waals surface area contributed by atoms with E-state index in [1.54, 1.807) is 19.2 Å². The van der Waals surface area contributed by atoms with Crippen LogP contribution in [0.3, 0.4) is 0 Å². The second kappa shape index (κ2) is 9.75. The van der Waals surface area contributed by atoms with Crippen LogP contribution in [-0.4, -0.2) is 57.0 Å². The molecule has 0 aliphatic rings. The number of hydrogen-bond acceptors (Lipinski definition) is 2. The summed E-state index contributed by atoms with van der Waals surface area (Å²) >= 11 is 1.97. The Morgan fingerprint density at radius 1 is 0.957 bits per heavy atom. The number of rotatable bonds is 3. The van der Waals surface area contributed by atoms with Crippen LogP contribution in [0.1, 0.15) is 20.7 Å². The summed E-state index contributed by atoms with van der Waals surface area (Å²) in [6.07, 6.45) is 0. The summed E-state index contributed by atoms with van der Waals surface area (Å²) in [5.41, 5.74) is 1.22. The molecule has 2 aromatic carbocycles. The van der Waals surface area contributed by atoms with Crippen LogP contribution in [-0.2, 0) is 0 Å². The van der Waals surface area contributed by atoms with Crippen molar-refractivity contribution in [3.8, 4) is 0 Å². The van der Waals surface area contributed by atoms with Gasteiger partial charge in [0.2, 0.25) is 0 Å². The van der Waals surface area contributed by atoms with Gasteiger partial charge >= 0.3 is 125 Å². The second-order valence-corrected chi connectivity index (χ2v) is 5.51. The molecule has 7 N–H and O–H groups in total. The molecular formula is C15H18GeNO6. The van der Waals surface area contributed by atoms with Crippen LogP contribution >= 0.6 is 0 Å². The Hall–Kier alpha value is -2.20. The Balaban J connectivity index is 0. The van der Waals surface area contributed by atoms with Gasteiger partial charge in [-0.1, -0.05) is 0 Å². The summed E-state index contributed by atoms with van der Waals surface area (Å²) in [7, 11) is 1.67. The molecule has 0 aliphatic heterocycles. The van der Waals surface area contributed by atoms with Gasteiger partial charge in [-0.3, -0.25) is 0 Å². The predicted molar refractivity (Wildman–Crippen MR) is 88.8 cm³/mol. The third kappa shape index (κ3) is 5.49. The maximum absolute atomic E-state index is 12.3.